The molecule has 2 aromatic heterocycles. The molecule has 7 nitrogen and oxygen atoms in total. The molecular weight excluding hydrogens is 347 g/mol. The van der Waals surface area contributed by atoms with Crippen molar-refractivity contribution < 1.29 is 9.18 Å². The van der Waals surface area contributed by atoms with E-state index in [-0.39, 0.29) is 22.8 Å². The van der Waals surface area contributed by atoms with E-state index < -0.39 is 5.91 Å². The molecule has 3 aromatic rings. The topological polar surface area (TPSA) is 110 Å². The Bertz CT molecular complexity index is 1040. The third-order valence-electron chi connectivity index (χ3n) is 3.98. The van der Waals surface area contributed by atoms with E-state index in [9.17, 15) is 14.4 Å². The van der Waals surface area contributed by atoms with Crippen molar-refractivity contribution in [2.24, 2.45) is 12.8 Å². The van der Waals surface area contributed by atoms with Crippen molar-refractivity contribution in [3.63, 3.8) is 0 Å². The van der Waals surface area contributed by atoms with Crippen LogP contribution in [0.25, 0.3) is 11.3 Å². The Morgan fingerprint density at radius 2 is 2.22 bits per heavy atom. The van der Waals surface area contributed by atoms with Crippen LogP contribution in [0.1, 0.15) is 21.5 Å². The first kappa shape index (κ1) is 18.1. The van der Waals surface area contributed by atoms with E-state index in [4.69, 9.17) is 5.73 Å². The molecule has 0 atom stereocenters. The third-order valence-corrected chi connectivity index (χ3v) is 3.98. The maximum absolute atomic E-state index is 13.3. The van der Waals surface area contributed by atoms with Crippen LogP contribution in [0.2, 0.25) is 0 Å². The molecule has 0 aliphatic carbocycles. The number of hydrogen-bond acceptors (Lipinski definition) is 5. The van der Waals surface area contributed by atoms with Gasteiger partial charge in [0.25, 0.3) is 5.91 Å². The van der Waals surface area contributed by atoms with Gasteiger partial charge in [0.05, 0.1) is 23.0 Å². The van der Waals surface area contributed by atoms with E-state index in [1.807, 2.05) is 12.1 Å². The number of primary amides is 1. The molecule has 3 rings (SSSR count). The Kier molecular flexibility index (Phi) is 5.13. The summed E-state index contributed by atoms with van der Waals surface area (Å²) in [6.07, 6.45) is 3.84. The Balaban J connectivity index is 1.90. The summed E-state index contributed by atoms with van der Waals surface area (Å²) in [6.45, 7) is 0.412. The van der Waals surface area contributed by atoms with E-state index in [1.165, 1.54) is 18.2 Å². The highest BCUT2D eigenvalue weighted by molar-refractivity contribution is 5.98. The molecule has 0 radical (unpaired) electrons. The Hall–Kier alpha value is -3.73. The average molecular weight is 364 g/mol. The summed E-state index contributed by atoms with van der Waals surface area (Å²) in [5, 5.41) is 16.6. The number of amides is 1. The number of nitrogens with two attached hydrogens (primary N) is 1. The lowest BCUT2D eigenvalue weighted by atomic mass is 10.1. The average Bonchev–Trinajstić information content (AvgIpc) is 3.07. The first-order valence-electron chi connectivity index (χ1n) is 8.20. The number of rotatable bonds is 6. The molecule has 0 aliphatic rings. The third kappa shape index (κ3) is 4.10. The largest absolute Gasteiger partial charge is 0.369 e. The molecule has 0 fully saturated rings. The maximum atomic E-state index is 13.3. The second kappa shape index (κ2) is 7.66. The van der Waals surface area contributed by atoms with Crippen LogP contribution >= 0.6 is 0 Å². The first-order valence-corrected chi connectivity index (χ1v) is 8.20. The number of nitriles is 1. The van der Waals surface area contributed by atoms with Gasteiger partial charge in [-0.1, -0.05) is 12.1 Å². The van der Waals surface area contributed by atoms with Crippen LogP contribution in [0.5, 0.6) is 0 Å². The summed E-state index contributed by atoms with van der Waals surface area (Å²) in [7, 11) is 1.76. The fraction of sp³-hybridized carbons (Fsp3) is 0.158. The summed E-state index contributed by atoms with van der Waals surface area (Å²) >= 11 is 0. The Morgan fingerprint density at radius 3 is 2.85 bits per heavy atom. The summed E-state index contributed by atoms with van der Waals surface area (Å²) in [5.74, 6) is -0.720. The monoisotopic (exact) mass is 364 g/mol. The molecule has 0 bridgehead atoms. The number of benzene rings is 1. The Labute approximate surface area is 155 Å². The van der Waals surface area contributed by atoms with Gasteiger partial charge in [0.2, 0.25) is 0 Å². The van der Waals surface area contributed by atoms with Crippen LogP contribution in [0.4, 0.5) is 10.2 Å². The molecule has 0 saturated carbocycles. The van der Waals surface area contributed by atoms with E-state index >= 15 is 0 Å². The van der Waals surface area contributed by atoms with Gasteiger partial charge in [-0.05, 0) is 30.2 Å². The molecule has 0 unspecified atom stereocenters. The number of aryl methyl sites for hydroxylation is 1. The van der Waals surface area contributed by atoms with Crippen LogP contribution in [0, 0.1) is 17.1 Å². The summed E-state index contributed by atoms with van der Waals surface area (Å²) in [6, 6.07) is 9.74. The molecule has 1 amide bonds. The van der Waals surface area contributed by atoms with Gasteiger partial charge in [-0.15, -0.1) is 0 Å². The van der Waals surface area contributed by atoms with E-state index in [1.54, 1.807) is 30.2 Å². The van der Waals surface area contributed by atoms with E-state index in [0.29, 0.717) is 24.2 Å². The molecule has 0 aliphatic heterocycles. The van der Waals surface area contributed by atoms with Crippen LogP contribution in [0.15, 0.2) is 42.7 Å². The number of nitrogens with zero attached hydrogens (tertiary/aromatic N) is 4. The number of pyridine rings is 1. The predicted octanol–water partition coefficient (Wildman–Crippen LogP) is 2.25. The van der Waals surface area contributed by atoms with Crippen molar-refractivity contribution in [3.8, 4) is 17.3 Å². The van der Waals surface area contributed by atoms with Gasteiger partial charge >= 0.3 is 0 Å². The van der Waals surface area contributed by atoms with E-state index in [2.05, 4.69) is 15.4 Å². The maximum Gasteiger partial charge on any atom is 0.252 e. The van der Waals surface area contributed by atoms with Crippen molar-refractivity contribution in [3.05, 3.63) is 65.2 Å². The molecule has 0 spiro atoms. The molecule has 0 saturated heterocycles. The first-order chi connectivity index (χ1) is 13.0. The van der Waals surface area contributed by atoms with Crippen molar-refractivity contribution in [1.29, 1.82) is 5.26 Å². The molecule has 3 N–H and O–H groups in total. The zero-order valence-electron chi connectivity index (χ0n) is 14.6. The molecular formula is C19H17FN6O. The molecule has 8 heteroatoms. The van der Waals surface area contributed by atoms with Crippen molar-refractivity contribution >= 4 is 11.7 Å². The number of halogens is 1. The van der Waals surface area contributed by atoms with Gasteiger partial charge in [0.15, 0.2) is 0 Å². The fourth-order valence-corrected chi connectivity index (χ4v) is 2.70. The quantitative estimate of drug-likeness (QED) is 0.697. The molecule has 27 heavy (non-hydrogen) atoms. The minimum atomic E-state index is -0.690. The zero-order valence-corrected chi connectivity index (χ0v) is 14.6. The molecule has 136 valence electrons. The number of carbonyl (C=O) groups is 1. The summed E-state index contributed by atoms with van der Waals surface area (Å²) in [5.41, 5.74) is 7.66. The van der Waals surface area contributed by atoms with Gasteiger partial charge in [0, 0.05) is 25.4 Å². The molecule has 1 aromatic carbocycles. The highest BCUT2D eigenvalue weighted by Gasteiger charge is 2.17. The second-order valence-electron chi connectivity index (χ2n) is 5.97. The lowest BCUT2D eigenvalue weighted by Gasteiger charge is -2.12. The second-order valence-corrected chi connectivity index (χ2v) is 5.97. The smallest absolute Gasteiger partial charge is 0.252 e. The fourth-order valence-electron chi connectivity index (χ4n) is 2.70. The van der Waals surface area contributed by atoms with Crippen LogP contribution in [-0.2, 0) is 13.5 Å². The zero-order chi connectivity index (χ0) is 19.4. The summed E-state index contributed by atoms with van der Waals surface area (Å²) < 4.78 is 14.9. The lowest BCUT2D eigenvalue weighted by molar-refractivity contribution is 0.100. The van der Waals surface area contributed by atoms with E-state index in [0.717, 1.165) is 5.56 Å². The number of aromatic nitrogens is 3. The summed E-state index contributed by atoms with van der Waals surface area (Å²) in [4.78, 5) is 16.2. The van der Waals surface area contributed by atoms with Crippen LogP contribution in [0.3, 0.4) is 0 Å². The van der Waals surface area contributed by atoms with Crippen molar-refractivity contribution in [1.82, 2.24) is 14.8 Å². The standard InChI is InChI=1S/C19H17FN6O/c1-26-11-14(10-24-26)17-13(9-21)8-16(18(22)27)19(25-17)23-6-5-12-3-2-4-15(20)7-12/h2-4,7-8,10-11H,5-6H2,1H3,(H2,22,27)(H,23,25). The van der Waals surface area contributed by atoms with Crippen LogP contribution in [-0.4, -0.2) is 27.2 Å². The minimum Gasteiger partial charge on any atom is -0.369 e. The number of hydrogen-bond donors (Lipinski definition) is 2. The number of carbonyl (C=O) groups excluding carboxylic acids is 1. The highest BCUT2D eigenvalue weighted by atomic mass is 19.1. The van der Waals surface area contributed by atoms with Gasteiger partial charge in [-0.25, -0.2) is 9.37 Å². The molecule has 2 heterocycles. The normalized spacial score (nSPS) is 10.4. The van der Waals surface area contributed by atoms with Crippen molar-refractivity contribution in [2.45, 2.75) is 6.42 Å². The highest BCUT2D eigenvalue weighted by Crippen LogP contribution is 2.25. The van der Waals surface area contributed by atoms with Gasteiger partial charge in [-0.3, -0.25) is 9.48 Å². The van der Waals surface area contributed by atoms with Crippen molar-refractivity contribution in [2.75, 3.05) is 11.9 Å². The lowest BCUT2D eigenvalue weighted by Crippen LogP contribution is -2.17. The van der Waals surface area contributed by atoms with Gasteiger partial charge < -0.3 is 11.1 Å². The predicted molar refractivity (Wildman–Crippen MR) is 98.3 cm³/mol. The van der Waals surface area contributed by atoms with Crippen LogP contribution < -0.4 is 11.1 Å². The SMILES string of the molecule is Cn1cc(-c2nc(NCCc3cccc(F)c3)c(C(N)=O)cc2C#N)cn1. The number of anilines is 1. The number of nitrogens with one attached hydrogen (secondary N) is 1. The van der Waals surface area contributed by atoms with Gasteiger partial charge in [-0.2, -0.15) is 10.4 Å². The van der Waals surface area contributed by atoms with Gasteiger partial charge in [0.1, 0.15) is 17.7 Å². The minimum absolute atomic E-state index is 0.124. The Morgan fingerprint density at radius 1 is 1.41 bits per heavy atom.